The number of aromatic amines is 1. The van der Waals surface area contributed by atoms with Gasteiger partial charge in [0.2, 0.25) is 5.91 Å². The minimum atomic E-state index is 0.00762. The Morgan fingerprint density at radius 2 is 2.22 bits per heavy atom. The van der Waals surface area contributed by atoms with E-state index in [-0.39, 0.29) is 11.3 Å². The maximum atomic E-state index is 12.0. The van der Waals surface area contributed by atoms with Crippen molar-refractivity contribution in [2.75, 3.05) is 11.9 Å². The predicted octanol–water partition coefficient (Wildman–Crippen LogP) is 1.96. The molecule has 0 aliphatic heterocycles. The van der Waals surface area contributed by atoms with Gasteiger partial charge in [-0.1, -0.05) is 19.3 Å². The van der Waals surface area contributed by atoms with Crippen molar-refractivity contribution in [2.24, 2.45) is 11.1 Å². The molecule has 1 heterocycles. The monoisotopic (exact) mass is 250 g/mol. The summed E-state index contributed by atoms with van der Waals surface area (Å²) in [7, 11) is 0. The van der Waals surface area contributed by atoms with E-state index in [0.717, 1.165) is 18.5 Å². The number of aryl methyl sites for hydroxylation is 1. The molecule has 0 unspecified atom stereocenters. The highest BCUT2D eigenvalue weighted by Crippen LogP contribution is 2.38. The molecule has 0 aromatic carbocycles. The molecule has 0 bridgehead atoms. The highest BCUT2D eigenvalue weighted by Gasteiger charge is 2.33. The molecule has 18 heavy (non-hydrogen) atoms. The number of H-pyrrole nitrogens is 1. The minimum absolute atomic E-state index is 0.00762. The van der Waals surface area contributed by atoms with Gasteiger partial charge >= 0.3 is 0 Å². The first kappa shape index (κ1) is 13.1. The van der Waals surface area contributed by atoms with Gasteiger partial charge in [0.05, 0.1) is 0 Å². The molecule has 0 saturated heterocycles. The SMILES string of the molecule is Cc1cc(NC(=O)CC2(CN)CCCCC2)n[nH]1. The molecule has 1 aliphatic carbocycles. The van der Waals surface area contributed by atoms with Crippen molar-refractivity contribution >= 4 is 11.7 Å². The summed E-state index contributed by atoms with van der Waals surface area (Å²) in [4.78, 5) is 12.0. The average molecular weight is 250 g/mol. The quantitative estimate of drug-likeness (QED) is 0.763. The topological polar surface area (TPSA) is 83.8 Å². The number of nitrogens with two attached hydrogens (primary N) is 1. The summed E-state index contributed by atoms with van der Waals surface area (Å²) >= 11 is 0. The maximum absolute atomic E-state index is 12.0. The molecule has 1 amide bonds. The Balaban J connectivity index is 1.93. The van der Waals surface area contributed by atoms with Gasteiger partial charge in [-0.3, -0.25) is 9.89 Å². The second-order valence-electron chi connectivity index (χ2n) is 5.43. The van der Waals surface area contributed by atoms with Crippen LogP contribution >= 0.6 is 0 Å². The smallest absolute Gasteiger partial charge is 0.226 e. The molecular formula is C13H22N4O. The van der Waals surface area contributed by atoms with Crippen LogP contribution < -0.4 is 11.1 Å². The Bertz CT molecular complexity index is 407. The van der Waals surface area contributed by atoms with Crippen molar-refractivity contribution < 1.29 is 4.79 Å². The molecule has 1 saturated carbocycles. The number of anilines is 1. The van der Waals surface area contributed by atoms with Gasteiger partial charge in [-0.2, -0.15) is 5.10 Å². The Kier molecular flexibility index (Phi) is 4.01. The highest BCUT2D eigenvalue weighted by atomic mass is 16.1. The number of hydrogen-bond donors (Lipinski definition) is 3. The zero-order valence-electron chi connectivity index (χ0n) is 11.0. The van der Waals surface area contributed by atoms with Crippen LogP contribution in [0.2, 0.25) is 0 Å². The zero-order valence-corrected chi connectivity index (χ0v) is 11.0. The zero-order chi connectivity index (χ0) is 13.0. The number of carbonyl (C=O) groups excluding carboxylic acids is 1. The molecule has 0 radical (unpaired) electrons. The molecular weight excluding hydrogens is 228 g/mol. The number of nitrogens with zero attached hydrogens (tertiary/aromatic N) is 1. The van der Waals surface area contributed by atoms with Crippen LogP contribution in [0.25, 0.3) is 0 Å². The fourth-order valence-corrected chi connectivity index (χ4v) is 2.76. The third-order valence-electron chi connectivity index (χ3n) is 3.86. The summed E-state index contributed by atoms with van der Waals surface area (Å²) in [5, 5.41) is 9.65. The van der Waals surface area contributed by atoms with Crippen molar-refractivity contribution in [3.63, 3.8) is 0 Å². The van der Waals surface area contributed by atoms with E-state index < -0.39 is 0 Å². The molecule has 5 heteroatoms. The van der Waals surface area contributed by atoms with Crippen LogP contribution in [-0.2, 0) is 4.79 Å². The van der Waals surface area contributed by atoms with Gasteiger partial charge in [0.25, 0.3) is 0 Å². The van der Waals surface area contributed by atoms with Crippen molar-refractivity contribution in [2.45, 2.75) is 45.4 Å². The summed E-state index contributed by atoms with van der Waals surface area (Å²) in [6, 6.07) is 1.83. The van der Waals surface area contributed by atoms with Gasteiger partial charge in [-0.15, -0.1) is 0 Å². The first-order valence-electron chi connectivity index (χ1n) is 6.65. The molecule has 0 atom stereocenters. The molecule has 1 aliphatic rings. The van der Waals surface area contributed by atoms with E-state index in [2.05, 4.69) is 15.5 Å². The average Bonchev–Trinajstić information content (AvgIpc) is 2.75. The predicted molar refractivity (Wildman–Crippen MR) is 71.1 cm³/mol. The van der Waals surface area contributed by atoms with Gasteiger partial charge in [0, 0.05) is 18.2 Å². The van der Waals surface area contributed by atoms with Crippen LogP contribution in [0.4, 0.5) is 5.82 Å². The summed E-state index contributed by atoms with van der Waals surface area (Å²) < 4.78 is 0. The molecule has 5 nitrogen and oxygen atoms in total. The van der Waals surface area contributed by atoms with Crippen LogP contribution in [-0.4, -0.2) is 22.6 Å². The minimum Gasteiger partial charge on any atom is -0.330 e. The van der Waals surface area contributed by atoms with Gasteiger partial charge in [0.1, 0.15) is 0 Å². The number of rotatable bonds is 4. The second kappa shape index (κ2) is 5.52. The number of hydrogen-bond acceptors (Lipinski definition) is 3. The van der Waals surface area contributed by atoms with Crippen LogP contribution in [0.15, 0.2) is 6.07 Å². The van der Waals surface area contributed by atoms with Crippen molar-refractivity contribution in [3.8, 4) is 0 Å². The Morgan fingerprint density at radius 3 is 2.78 bits per heavy atom. The van der Waals surface area contributed by atoms with Gasteiger partial charge in [-0.05, 0) is 31.7 Å². The number of amides is 1. The van der Waals surface area contributed by atoms with E-state index >= 15 is 0 Å². The van der Waals surface area contributed by atoms with Crippen molar-refractivity contribution in [1.82, 2.24) is 10.2 Å². The molecule has 4 N–H and O–H groups in total. The lowest BCUT2D eigenvalue weighted by Gasteiger charge is -2.35. The van der Waals surface area contributed by atoms with E-state index in [1.807, 2.05) is 13.0 Å². The van der Waals surface area contributed by atoms with Gasteiger partial charge in [0.15, 0.2) is 5.82 Å². The van der Waals surface area contributed by atoms with Gasteiger partial charge < -0.3 is 11.1 Å². The largest absolute Gasteiger partial charge is 0.330 e. The standard InChI is InChI=1S/C13H22N4O/c1-10-7-11(17-16-10)15-12(18)8-13(9-14)5-3-2-4-6-13/h7H,2-6,8-9,14H2,1H3,(H2,15,16,17,18). The van der Waals surface area contributed by atoms with E-state index in [1.165, 1.54) is 19.3 Å². The maximum Gasteiger partial charge on any atom is 0.226 e. The Morgan fingerprint density at radius 1 is 1.50 bits per heavy atom. The first-order chi connectivity index (χ1) is 8.63. The van der Waals surface area contributed by atoms with E-state index in [9.17, 15) is 4.79 Å². The summed E-state index contributed by atoms with van der Waals surface area (Å²) in [5.41, 5.74) is 6.83. The summed E-state index contributed by atoms with van der Waals surface area (Å²) in [6.45, 7) is 2.51. The highest BCUT2D eigenvalue weighted by molar-refractivity contribution is 5.90. The second-order valence-corrected chi connectivity index (χ2v) is 5.43. The Labute approximate surface area is 108 Å². The molecule has 1 aromatic heterocycles. The third kappa shape index (κ3) is 3.10. The van der Waals surface area contributed by atoms with Crippen LogP contribution in [0, 0.1) is 12.3 Å². The van der Waals surface area contributed by atoms with Crippen molar-refractivity contribution in [1.29, 1.82) is 0 Å². The lowest BCUT2D eigenvalue weighted by atomic mass is 9.71. The first-order valence-corrected chi connectivity index (χ1v) is 6.65. The number of aromatic nitrogens is 2. The lowest BCUT2D eigenvalue weighted by Crippen LogP contribution is -2.36. The van der Waals surface area contributed by atoms with Gasteiger partial charge in [-0.25, -0.2) is 0 Å². The fraction of sp³-hybridized carbons (Fsp3) is 0.692. The van der Waals surface area contributed by atoms with Crippen LogP contribution in [0.3, 0.4) is 0 Å². The number of nitrogens with one attached hydrogen (secondary N) is 2. The summed E-state index contributed by atoms with van der Waals surface area (Å²) in [6.07, 6.45) is 6.28. The fourth-order valence-electron chi connectivity index (χ4n) is 2.76. The van der Waals surface area contributed by atoms with E-state index in [1.54, 1.807) is 0 Å². The summed E-state index contributed by atoms with van der Waals surface area (Å²) in [5.74, 6) is 0.620. The van der Waals surface area contributed by atoms with Crippen LogP contribution in [0.1, 0.15) is 44.2 Å². The number of carbonyl (C=O) groups is 1. The van der Waals surface area contributed by atoms with E-state index in [4.69, 9.17) is 5.73 Å². The lowest BCUT2D eigenvalue weighted by molar-refractivity contribution is -0.118. The molecule has 0 spiro atoms. The van der Waals surface area contributed by atoms with Crippen molar-refractivity contribution in [3.05, 3.63) is 11.8 Å². The molecule has 1 aromatic rings. The third-order valence-corrected chi connectivity index (χ3v) is 3.86. The molecule has 2 rings (SSSR count). The normalized spacial score (nSPS) is 18.6. The molecule has 1 fully saturated rings. The van der Waals surface area contributed by atoms with Crippen LogP contribution in [0.5, 0.6) is 0 Å². The van der Waals surface area contributed by atoms with E-state index in [0.29, 0.717) is 18.8 Å². The molecule has 100 valence electrons. The Hall–Kier alpha value is -1.36.